The number of thiazole rings is 1. The van der Waals surface area contributed by atoms with Crippen LogP contribution in [-0.4, -0.2) is 32.3 Å². The van der Waals surface area contributed by atoms with Gasteiger partial charge in [0.1, 0.15) is 5.75 Å². The van der Waals surface area contributed by atoms with Gasteiger partial charge < -0.3 is 4.74 Å². The van der Waals surface area contributed by atoms with E-state index in [1.807, 2.05) is 25.1 Å². The normalized spacial score (nSPS) is 11.3. The Balaban J connectivity index is 1.74. The van der Waals surface area contributed by atoms with E-state index in [2.05, 4.69) is 37.9 Å². The van der Waals surface area contributed by atoms with Crippen molar-refractivity contribution in [2.45, 2.75) is 19.8 Å². The van der Waals surface area contributed by atoms with Crippen LogP contribution in [0.4, 0.5) is 0 Å². The Morgan fingerprint density at radius 2 is 2.21 bits per heavy atom. The molecule has 0 spiro atoms. The number of benzene rings is 1. The van der Waals surface area contributed by atoms with Gasteiger partial charge in [0.25, 0.3) is 0 Å². The van der Waals surface area contributed by atoms with Gasteiger partial charge in [-0.2, -0.15) is 4.80 Å². The van der Waals surface area contributed by atoms with Crippen LogP contribution in [0.3, 0.4) is 0 Å². The number of nitrogens with zero attached hydrogens (tertiary/aromatic N) is 5. The predicted octanol–water partition coefficient (Wildman–Crippen LogP) is 3.30. The molecular weight excluding hydrogens is 322 g/mol. The molecule has 0 saturated heterocycles. The first-order chi connectivity index (χ1) is 11.7. The third-order valence-electron chi connectivity index (χ3n) is 3.53. The van der Waals surface area contributed by atoms with Crippen molar-refractivity contribution in [3.63, 3.8) is 0 Å². The summed E-state index contributed by atoms with van der Waals surface area (Å²) in [6, 6.07) is 5.87. The first kappa shape index (κ1) is 16.3. The second-order valence-corrected chi connectivity index (χ2v) is 6.42. The van der Waals surface area contributed by atoms with Crippen LogP contribution in [-0.2, 0) is 13.5 Å². The van der Waals surface area contributed by atoms with Crippen molar-refractivity contribution in [3.8, 4) is 17.1 Å². The highest BCUT2D eigenvalue weighted by Gasteiger charge is 2.08. The molecule has 24 heavy (non-hydrogen) atoms. The molecule has 0 unspecified atom stereocenters. The maximum Gasteiger partial charge on any atom is 0.204 e. The number of hydrogen-bond donors (Lipinski definition) is 0. The highest BCUT2D eigenvalue weighted by atomic mass is 32.1. The van der Waals surface area contributed by atoms with E-state index in [9.17, 15) is 0 Å². The van der Waals surface area contributed by atoms with E-state index in [0.717, 1.165) is 40.4 Å². The highest BCUT2D eigenvalue weighted by molar-refractivity contribution is 7.09. The monoisotopic (exact) mass is 341 g/mol. The molecule has 6 nitrogen and oxygen atoms in total. The first-order valence-corrected chi connectivity index (χ1v) is 8.53. The van der Waals surface area contributed by atoms with Gasteiger partial charge in [-0.05, 0) is 43.2 Å². The molecular formula is C17H19N5OS. The molecule has 0 N–H and O–H groups in total. The fourth-order valence-electron chi connectivity index (χ4n) is 2.37. The van der Waals surface area contributed by atoms with Crippen LogP contribution in [0.2, 0.25) is 0 Å². The summed E-state index contributed by atoms with van der Waals surface area (Å²) in [5.41, 5.74) is 3.06. The SMILES string of the molecule is COc1ccc(-c2nnn(C)n2)cc1/C=C/CCc1csc(C)n1. The quantitative estimate of drug-likeness (QED) is 0.688. The van der Waals surface area contributed by atoms with E-state index in [0.29, 0.717) is 5.82 Å². The molecule has 2 heterocycles. The zero-order valence-corrected chi connectivity index (χ0v) is 14.7. The van der Waals surface area contributed by atoms with E-state index < -0.39 is 0 Å². The summed E-state index contributed by atoms with van der Waals surface area (Å²) in [5, 5.41) is 15.4. The van der Waals surface area contributed by atoms with Gasteiger partial charge in [0.05, 0.1) is 24.9 Å². The number of tetrazole rings is 1. The van der Waals surface area contributed by atoms with Crippen molar-refractivity contribution in [1.82, 2.24) is 25.2 Å². The lowest BCUT2D eigenvalue weighted by Crippen LogP contribution is -1.92. The molecule has 0 saturated carbocycles. The standard InChI is InChI=1S/C17H19N5OS/c1-12-18-15(11-24-12)7-5-4-6-13-10-14(8-9-16(13)23-3)17-19-21-22(2)20-17/h4,6,8-11H,5,7H2,1-3H3/b6-4+. The van der Waals surface area contributed by atoms with E-state index in [1.54, 1.807) is 25.5 Å². The van der Waals surface area contributed by atoms with E-state index in [1.165, 1.54) is 4.80 Å². The molecule has 3 rings (SSSR count). The largest absolute Gasteiger partial charge is 0.496 e. The van der Waals surface area contributed by atoms with Crippen molar-refractivity contribution in [2.75, 3.05) is 7.11 Å². The van der Waals surface area contributed by atoms with Crippen molar-refractivity contribution < 1.29 is 4.74 Å². The lowest BCUT2D eigenvalue weighted by Gasteiger charge is -2.06. The second-order valence-electron chi connectivity index (χ2n) is 5.36. The number of aryl methyl sites for hydroxylation is 3. The minimum Gasteiger partial charge on any atom is -0.496 e. The third-order valence-corrected chi connectivity index (χ3v) is 4.35. The Morgan fingerprint density at radius 3 is 2.88 bits per heavy atom. The fraction of sp³-hybridized carbons (Fsp3) is 0.294. The van der Waals surface area contributed by atoms with Crippen molar-refractivity contribution >= 4 is 17.4 Å². The lowest BCUT2D eigenvalue weighted by atomic mass is 10.1. The third kappa shape index (κ3) is 3.86. The molecule has 0 fully saturated rings. The van der Waals surface area contributed by atoms with Gasteiger partial charge >= 0.3 is 0 Å². The number of ether oxygens (including phenoxy) is 1. The van der Waals surface area contributed by atoms with Gasteiger partial charge in [0, 0.05) is 16.5 Å². The molecule has 0 atom stereocenters. The molecule has 2 aromatic heterocycles. The maximum absolute atomic E-state index is 5.44. The molecule has 1 aromatic carbocycles. The van der Waals surface area contributed by atoms with Crippen LogP contribution in [0.1, 0.15) is 22.7 Å². The summed E-state index contributed by atoms with van der Waals surface area (Å²) in [5.74, 6) is 1.43. The zero-order chi connectivity index (χ0) is 16.9. The molecule has 3 aromatic rings. The first-order valence-electron chi connectivity index (χ1n) is 7.65. The van der Waals surface area contributed by atoms with E-state index in [4.69, 9.17) is 4.74 Å². The second kappa shape index (κ2) is 7.35. The van der Waals surface area contributed by atoms with Crippen LogP contribution in [0.15, 0.2) is 29.7 Å². The fourth-order valence-corrected chi connectivity index (χ4v) is 3.02. The molecule has 0 aliphatic heterocycles. The molecule has 0 aliphatic carbocycles. The smallest absolute Gasteiger partial charge is 0.204 e. The van der Waals surface area contributed by atoms with Gasteiger partial charge in [-0.1, -0.05) is 12.2 Å². The Labute approximate surface area is 144 Å². The Hall–Kier alpha value is -2.54. The number of methoxy groups -OCH3 is 1. The van der Waals surface area contributed by atoms with Crippen molar-refractivity contribution in [3.05, 3.63) is 45.9 Å². The highest BCUT2D eigenvalue weighted by Crippen LogP contribution is 2.25. The average molecular weight is 341 g/mol. The molecule has 0 amide bonds. The summed E-state index contributed by atoms with van der Waals surface area (Å²) in [4.78, 5) is 5.93. The Kier molecular flexibility index (Phi) is 5.00. The summed E-state index contributed by atoms with van der Waals surface area (Å²) < 4.78 is 5.44. The lowest BCUT2D eigenvalue weighted by molar-refractivity contribution is 0.414. The zero-order valence-electron chi connectivity index (χ0n) is 13.9. The maximum atomic E-state index is 5.44. The summed E-state index contributed by atoms with van der Waals surface area (Å²) >= 11 is 1.69. The molecule has 0 aliphatic rings. The molecule has 124 valence electrons. The van der Waals surface area contributed by atoms with Crippen LogP contribution >= 0.6 is 11.3 Å². The van der Waals surface area contributed by atoms with Gasteiger partial charge in [0.2, 0.25) is 5.82 Å². The van der Waals surface area contributed by atoms with E-state index in [-0.39, 0.29) is 0 Å². The van der Waals surface area contributed by atoms with Gasteiger partial charge in [-0.25, -0.2) is 4.98 Å². The van der Waals surface area contributed by atoms with Crippen LogP contribution in [0.25, 0.3) is 17.5 Å². The van der Waals surface area contributed by atoms with Crippen LogP contribution < -0.4 is 4.74 Å². The topological polar surface area (TPSA) is 65.7 Å². The van der Waals surface area contributed by atoms with Gasteiger partial charge in [0.15, 0.2) is 0 Å². The number of allylic oxidation sites excluding steroid dienone is 1. The Morgan fingerprint density at radius 1 is 1.33 bits per heavy atom. The summed E-state index contributed by atoms with van der Waals surface area (Å²) in [6.07, 6.45) is 6.08. The molecule has 0 bridgehead atoms. The van der Waals surface area contributed by atoms with Crippen LogP contribution in [0.5, 0.6) is 5.75 Å². The van der Waals surface area contributed by atoms with E-state index >= 15 is 0 Å². The average Bonchev–Trinajstić information content (AvgIpc) is 3.20. The van der Waals surface area contributed by atoms with Crippen molar-refractivity contribution in [2.24, 2.45) is 7.05 Å². The Bertz CT molecular complexity index is 852. The number of aromatic nitrogens is 5. The molecule has 7 heteroatoms. The van der Waals surface area contributed by atoms with Gasteiger partial charge in [-0.15, -0.1) is 21.5 Å². The van der Waals surface area contributed by atoms with Crippen molar-refractivity contribution in [1.29, 1.82) is 0 Å². The van der Waals surface area contributed by atoms with Gasteiger partial charge in [-0.3, -0.25) is 0 Å². The van der Waals surface area contributed by atoms with Crippen LogP contribution in [0, 0.1) is 6.92 Å². The number of hydrogen-bond acceptors (Lipinski definition) is 6. The minimum atomic E-state index is 0.604. The predicted molar refractivity (Wildman–Crippen MR) is 95.0 cm³/mol. The molecule has 0 radical (unpaired) electrons. The minimum absolute atomic E-state index is 0.604. The number of rotatable bonds is 6. The summed E-state index contributed by atoms with van der Waals surface area (Å²) in [7, 11) is 3.42. The summed E-state index contributed by atoms with van der Waals surface area (Å²) in [6.45, 7) is 2.03.